The topological polar surface area (TPSA) is 71.8 Å². The van der Waals surface area contributed by atoms with Crippen molar-refractivity contribution in [2.24, 2.45) is 0 Å². The fraction of sp³-hybridized carbons (Fsp3) is 0.308. The maximum Gasteiger partial charge on any atom is 0.319 e. The van der Waals surface area contributed by atoms with E-state index in [4.69, 9.17) is 11.6 Å². The highest BCUT2D eigenvalue weighted by molar-refractivity contribution is 6.31. The molecule has 6 nitrogen and oxygen atoms in total. The van der Waals surface area contributed by atoms with Crippen LogP contribution in [-0.4, -0.2) is 27.3 Å². The van der Waals surface area contributed by atoms with Crippen LogP contribution in [0.25, 0.3) is 0 Å². The number of carbonyl (C=O) groups excluding carboxylic acids is 1. The first-order valence-corrected chi connectivity index (χ1v) is 6.84. The summed E-state index contributed by atoms with van der Waals surface area (Å²) in [7, 11) is 0. The van der Waals surface area contributed by atoms with E-state index in [-0.39, 0.29) is 11.1 Å². The molecule has 2 aromatic rings. The zero-order valence-electron chi connectivity index (χ0n) is 11.4. The van der Waals surface area contributed by atoms with E-state index in [1.807, 2.05) is 11.5 Å². The Labute approximate surface area is 126 Å². The molecule has 0 saturated heterocycles. The molecule has 0 bridgehead atoms. The van der Waals surface area contributed by atoms with Gasteiger partial charge in [0.1, 0.15) is 18.0 Å². The molecule has 1 aromatic heterocycles. The number of benzene rings is 1. The van der Waals surface area contributed by atoms with Gasteiger partial charge in [0.25, 0.3) is 0 Å². The van der Waals surface area contributed by atoms with Crippen molar-refractivity contribution in [1.29, 1.82) is 0 Å². The summed E-state index contributed by atoms with van der Waals surface area (Å²) in [6, 6.07) is 3.60. The zero-order chi connectivity index (χ0) is 15.2. The summed E-state index contributed by atoms with van der Waals surface area (Å²) in [6.45, 7) is 3.19. The molecule has 0 atom stereocenters. The lowest BCUT2D eigenvalue weighted by atomic mass is 10.3. The van der Waals surface area contributed by atoms with Crippen LogP contribution in [0.2, 0.25) is 5.02 Å². The number of aryl methyl sites for hydroxylation is 1. The van der Waals surface area contributed by atoms with Gasteiger partial charge in [0, 0.05) is 25.2 Å². The van der Waals surface area contributed by atoms with Crippen molar-refractivity contribution in [3.05, 3.63) is 41.2 Å². The van der Waals surface area contributed by atoms with Crippen molar-refractivity contribution in [2.75, 3.05) is 11.9 Å². The molecule has 21 heavy (non-hydrogen) atoms. The van der Waals surface area contributed by atoms with Gasteiger partial charge in [-0.1, -0.05) is 11.6 Å². The Morgan fingerprint density at radius 1 is 1.48 bits per heavy atom. The fourth-order valence-corrected chi connectivity index (χ4v) is 1.95. The number of rotatable bonds is 5. The van der Waals surface area contributed by atoms with Crippen LogP contribution >= 0.6 is 11.6 Å². The van der Waals surface area contributed by atoms with Crippen LogP contribution in [0.15, 0.2) is 24.5 Å². The Bertz CT molecular complexity index is 631. The van der Waals surface area contributed by atoms with Gasteiger partial charge in [0.2, 0.25) is 0 Å². The minimum Gasteiger partial charge on any atom is -0.337 e. The number of nitrogens with zero attached hydrogens (tertiary/aromatic N) is 3. The third kappa shape index (κ3) is 4.16. The van der Waals surface area contributed by atoms with Gasteiger partial charge in [-0.05, 0) is 25.1 Å². The van der Waals surface area contributed by atoms with Gasteiger partial charge in [0.05, 0.1) is 5.02 Å². The van der Waals surface area contributed by atoms with Crippen LogP contribution in [0.4, 0.5) is 14.9 Å². The lowest BCUT2D eigenvalue weighted by molar-refractivity contribution is 0.252. The second kappa shape index (κ2) is 7.03. The number of hydrogen-bond donors (Lipinski definition) is 2. The molecule has 0 aliphatic heterocycles. The maximum absolute atomic E-state index is 13.0. The quantitative estimate of drug-likeness (QED) is 0.891. The minimum absolute atomic E-state index is 0.0381. The number of carbonyl (C=O) groups is 1. The van der Waals surface area contributed by atoms with Gasteiger partial charge >= 0.3 is 6.03 Å². The summed E-state index contributed by atoms with van der Waals surface area (Å²) >= 11 is 5.64. The average molecular weight is 312 g/mol. The summed E-state index contributed by atoms with van der Waals surface area (Å²) in [6.07, 6.45) is 2.22. The van der Waals surface area contributed by atoms with Crippen LogP contribution in [0.1, 0.15) is 12.7 Å². The third-order valence-electron chi connectivity index (χ3n) is 2.85. The van der Waals surface area contributed by atoms with E-state index in [0.29, 0.717) is 18.7 Å². The van der Waals surface area contributed by atoms with Crippen LogP contribution < -0.4 is 10.6 Å². The number of anilines is 1. The average Bonchev–Trinajstić information content (AvgIpc) is 2.90. The van der Waals surface area contributed by atoms with Crippen molar-refractivity contribution in [2.45, 2.75) is 19.9 Å². The Hall–Kier alpha value is -2.15. The highest BCUT2D eigenvalue weighted by Gasteiger charge is 2.06. The third-order valence-corrected chi connectivity index (χ3v) is 3.14. The monoisotopic (exact) mass is 311 g/mol. The van der Waals surface area contributed by atoms with E-state index in [0.717, 1.165) is 12.4 Å². The Morgan fingerprint density at radius 2 is 2.29 bits per heavy atom. The molecular formula is C13H15ClFN5O. The largest absolute Gasteiger partial charge is 0.337 e. The van der Waals surface area contributed by atoms with E-state index >= 15 is 0 Å². The molecule has 0 aliphatic carbocycles. The van der Waals surface area contributed by atoms with E-state index < -0.39 is 5.82 Å². The second-order valence-corrected chi connectivity index (χ2v) is 4.70. The summed E-state index contributed by atoms with van der Waals surface area (Å²) in [4.78, 5) is 11.7. The molecule has 2 rings (SSSR count). The zero-order valence-corrected chi connectivity index (χ0v) is 12.2. The lowest BCUT2D eigenvalue weighted by Crippen LogP contribution is -2.30. The molecule has 0 saturated carbocycles. The summed E-state index contributed by atoms with van der Waals surface area (Å²) in [5.41, 5.74) is 0.427. The van der Waals surface area contributed by atoms with Gasteiger partial charge < -0.3 is 15.2 Å². The van der Waals surface area contributed by atoms with Crippen molar-refractivity contribution in [3.8, 4) is 0 Å². The number of aromatic nitrogens is 3. The highest BCUT2D eigenvalue weighted by atomic mass is 35.5. The summed E-state index contributed by atoms with van der Waals surface area (Å²) in [5.74, 6) is 0.282. The van der Waals surface area contributed by atoms with Gasteiger partial charge in [-0.2, -0.15) is 0 Å². The molecule has 0 spiro atoms. The molecular weight excluding hydrogens is 297 g/mol. The second-order valence-electron chi connectivity index (χ2n) is 4.29. The summed E-state index contributed by atoms with van der Waals surface area (Å²) < 4.78 is 14.9. The van der Waals surface area contributed by atoms with Crippen molar-refractivity contribution < 1.29 is 9.18 Å². The number of halogens is 2. The first-order valence-electron chi connectivity index (χ1n) is 6.46. The molecule has 0 radical (unpaired) electrons. The lowest BCUT2D eigenvalue weighted by Gasteiger charge is -2.08. The van der Waals surface area contributed by atoms with Gasteiger partial charge in [-0.3, -0.25) is 0 Å². The number of hydrogen-bond acceptors (Lipinski definition) is 3. The molecule has 2 amide bonds. The van der Waals surface area contributed by atoms with Crippen molar-refractivity contribution in [1.82, 2.24) is 20.1 Å². The van der Waals surface area contributed by atoms with Gasteiger partial charge in [-0.25, -0.2) is 9.18 Å². The van der Waals surface area contributed by atoms with Gasteiger partial charge in [0.15, 0.2) is 0 Å². The van der Waals surface area contributed by atoms with Crippen LogP contribution in [-0.2, 0) is 13.0 Å². The van der Waals surface area contributed by atoms with E-state index in [2.05, 4.69) is 20.8 Å². The Morgan fingerprint density at radius 3 is 3.00 bits per heavy atom. The number of urea groups is 1. The van der Waals surface area contributed by atoms with E-state index in [1.165, 1.54) is 18.2 Å². The SMILES string of the molecule is CCn1cnnc1CCNC(=O)Nc1ccc(F)c(Cl)c1. The van der Waals surface area contributed by atoms with E-state index in [9.17, 15) is 9.18 Å². The molecule has 1 aromatic carbocycles. The number of nitrogens with one attached hydrogen (secondary N) is 2. The molecule has 8 heteroatoms. The maximum atomic E-state index is 13.0. The highest BCUT2D eigenvalue weighted by Crippen LogP contribution is 2.19. The summed E-state index contributed by atoms with van der Waals surface area (Å²) in [5, 5.41) is 13.0. The smallest absolute Gasteiger partial charge is 0.319 e. The molecule has 0 fully saturated rings. The van der Waals surface area contributed by atoms with Crippen molar-refractivity contribution >= 4 is 23.3 Å². The molecule has 0 aliphatic rings. The minimum atomic E-state index is -0.526. The predicted octanol–water partition coefficient (Wildman–Crippen LogP) is 2.45. The van der Waals surface area contributed by atoms with Crippen molar-refractivity contribution in [3.63, 3.8) is 0 Å². The standard InChI is InChI=1S/C13H15ClFN5O/c1-2-20-8-17-19-12(20)5-6-16-13(21)18-9-3-4-11(15)10(14)7-9/h3-4,7-8H,2,5-6H2,1H3,(H2,16,18,21). The molecule has 2 N–H and O–H groups in total. The fourth-order valence-electron chi connectivity index (χ4n) is 1.77. The first-order chi connectivity index (χ1) is 10.1. The Kier molecular flexibility index (Phi) is 5.10. The number of amides is 2. The Balaban J connectivity index is 1.81. The molecule has 0 unspecified atom stereocenters. The van der Waals surface area contributed by atoms with Crippen LogP contribution in [0, 0.1) is 5.82 Å². The molecule has 1 heterocycles. The van der Waals surface area contributed by atoms with Crippen LogP contribution in [0.3, 0.4) is 0 Å². The van der Waals surface area contributed by atoms with E-state index in [1.54, 1.807) is 6.33 Å². The molecule has 112 valence electrons. The normalized spacial score (nSPS) is 10.4. The first kappa shape index (κ1) is 15.2. The predicted molar refractivity (Wildman–Crippen MR) is 77.8 cm³/mol. The van der Waals surface area contributed by atoms with Gasteiger partial charge in [-0.15, -0.1) is 10.2 Å². The van der Waals surface area contributed by atoms with Crippen LogP contribution in [0.5, 0.6) is 0 Å².